The van der Waals surface area contributed by atoms with Crippen molar-refractivity contribution in [1.82, 2.24) is 5.32 Å². The fourth-order valence-electron chi connectivity index (χ4n) is 3.53. The number of nitrogens with one attached hydrogen (secondary N) is 1. The molecule has 2 unspecified atom stereocenters. The molecule has 2 rings (SSSR count). The van der Waals surface area contributed by atoms with E-state index in [1.54, 1.807) is 0 Å². The molecule has 5 heteroatoms. The topological polar surface area (TPSA) is 92.4 Å². The van der Waals surface area contributed by atoms with Gasteiger partial charge in [-0.3, -0.25) is 9.59 Å². The Morgan fingerprint density at radius 3 is 2.35 bits per heavy atom. The first kappa shape index (κ1) is 15.3. The van der Waals surface area contributed by atoms with Gasteiger partial charge in [-0.25, -0.2) is 0 Å². The summed E-state index contributed by atoms with van der Waals surface area (Å²) in [6, 6.07) is 0.244. The van der Waals surface area contributed by atoms with E-state index in [2.05, 4.69) is 5.32 Å². The molecule has 0 aromatic rings. The highest BCUT2D eigenvalue weighted by atomic mass is 16.4. The molecule has 0 heterocycles. The summed E-state index contributed by atoms with van der Waals surface area (Å²) in [4.78, 5) is 23.3. The number of carbonyl (C=O) groups is 2. The first-order chi connectivity index (χ1) is 9.58. The van der Waals surface area contributed by atoms with Gasteiger partial charge < -0.3 is 16.2 Å². The maximum atomic E-state index is 12.1. The summed E-state index contributed by atoms with van der Waals surface area (Å²) >= 11 is 0. The summed E-state index contributed by atoms with van der Waals surface area (Å²) in [5.41, 5.74) is 5.84. The maximum absolute atomic E-state index is 12.1. The van der Waals surface area contributed by atoms with Gasteiger partial charge in [-0.05, 0) is 44.4 Å². The van der Waals surface area contributed by atoms with Crippen LogP contribution in [0.4, 0.5) is 0 Å². The summed E-state index contributed by atoms with van der Waals surface area (Å²) in [5, 5.41) is 12.2. The molecular weight excluding hydrogens is 256 g/mol. The van der Waals surface area contributed by atoms with E-state index >= 15 is 0 Å². The second-order valence-corrected chi connectivity index (χ2v) is 6.35. The van der Waals surface area contributed by atoms with Gasteiger partial charge in [0.1, 0.15) is 0 Å². The zero-order valence-electron chi connectivity index (χ0n) is 12.0. The van der Waals surface area contributed by atoms with Crippen molar-refractivity contribution < 1.29 is 14.7 Å². The normalized spacial score (nSPS) is 34.5. The van der Waals surface area contributed by atoms with Crippen molar-refractivity contribution in [3.8, 4) is 0 Å². The van der Waals surface area contributed by atoms with E-state index in [9.17, 15) is 14.7 Å². The van der Waals surface area contributed by atoms with Crippen LogP contribution >= 0.6 is 0 Å². The molecule has 0 aromatic carbocycles. The zero-order chi connectivity index (χ0) is 14.5. The van der Waals surface area contributed by atoms with Crippen molar-refractivity contribution in [3.63, 3.8) is 0 Å². The van der Waals surface area contributed by atoms with Crippen molar-refractivity contribution in [1.29, 1.82) is 0 Å². The minimum Gasteiger partial charge on any atom is -0.481 e. The zero-order valence-corrected chi connectivity index (χ0v) is 12.0. The van der Waals surface area contributed by atoms with E-state index in [4.69, 9.17) is 5.73 Å². The molecule has 0 bridgehead atoms. The lowest BCUT2D eigenvalue weighted by molar-refractivity contribution is -0.145. The monoisotopic (exact) mass is 282 g/mol. The Morgan fingerprint density at radius 2 is 1.70 bits per heavy atom. The lowest BCUT2D eigenvalue weighted by atomic mass is 9.79. The number of carboxylic acids is 1. The van der Waals surface area contributed by atoms with Crippen LogP contribution in [0.1, 0.15) is 51.4 Å². The molecule has 0 aliphatic heterocycles. The summed E-state index contributed by atoms with van der Waals surface area (Å²) < 4.78 is 0. The van der Waals surface area contributed by atoms with E-state index in [1.165, 1.54) is 0 Å². The molecule has 2 aliphatic carbocycles. The number of nitrogens with two attached hydrogens (primary N) is 1. The van der Waals surface area contributed by atoms with Gasteiger partial charge in [-0.2, -0.15) is 0 Å². The minimum absolute atomic E-state index is 0.0710. The Labute approximate surface area is 120 Å². The third-order valence-corrected chi connectivity index (χ3v) is 4.91. The van der Waals surface area contributed by atoms with Gasteiger partial charge in [0.25, 0.3) is 0 Å². The van der Waals surface area contributed by atoms with Gasteiger partial charge in [-0.1, -0.05) is 12.8 Å². The van der Waals surface area contributed by atoms with Crippen molar-refractivity contribution in [2.24, 2.45) is 23.5 Å². The van der Waals surface area contributed by atoms with Crippen LogP contribution in [0.5, 0.6) is 0 Å². The highest BCUT2D eigenvalue weighted by Crippen LogP contribution is 2.30. The summed E-state index contributed by atoms with van der Waals surface area (Å²) in [7, 11) is 0. The lowest BCUT2D eigenvalue weighted by Crippen LogP contribution is -2.41. The SMILES string of the molecule is NC1CCC(C(=O)NCC2CCCCC2C(=O)O)CC1. The molecule has 2 aliphatic rings. The van der Waals surface area contributed by atoms with Crippen molar-refractivity contribution in [3.05, 3.63) is 0 Å². The molecule has 114 valence electrons. The van der Waals surface area contributed by atoms with Gasteiger partial charge in [0, 0.05) is 18.5 Å². The van der Waals surface area contributed by atoms with Gasteiger partial charge in [0.2, 0.25) is 5.91 Å². The van der Waals surface area contributed by atoms with E-state index in [0.29, 0.717) is 6.54 Å². The van der Waals surface area contributed by atoms with E-state index in [1.807, 2.05) is 0 Å². The first-order valence-corrected chi connectivity index (χ1v) is 7.84. The second kappa shape index (κ2) is 7.07. The first-order valence-electron chi connectivity index (χ1n) is 7.84. The highest BCUT2D eigenvalue weighted by Gasteiger charge is 2.32. The third-order valence-electron chi connectivity index (χ3n) is 4.91. The summed E-state index contributed by atoms with van der Waals surface area (Å²) in [5.74, 6) is -0.749. The maximum Gasteiger partial charge on any atom is 0.306 e. The number of carboxylic acid groups (broad SMARTS) is 1. The molecule has 2 fully saturated rings. The Kier molecular flexibility index (Phi) is 5.40. The van der Waals surface area contributed by atoms with Crippen molar-refractivity contribution in [2.45, 2.75) is 57.4 Å². The molecule has 0 radical (unpaired) electrons. The fraction of sp³-hybridized carbons (Fsp3) is 0.867. The summed E-state index contributed by atoms with van der Waals surface area (Å²) in [6.07, 6.45) is 7.27. The van der Waals surface area contributed by atoms with Crippen LogP contribution in [-0.2, 0) is 9.59 Å². The highest BCUT2D eigenvalue weighted by molar-refractivity contribution is 5.78. The van der Waals surface area contributed by atoms with E-state index in [0.717, 1.165) is 51.4 Å². The molecule has 2 atom stereocenters. The molecule has 0 aromatic heterocycles. The van der Waals surface area contributed by atoms with Gasteiger partial charge in [0.05, 0.1) is 5.92 Å². The molecule has 4 N–H and O–H groups in total. The fourth-order valence-corrected chi connectivity index (χ4v) is 3.53. The van der Waals surface area contributed by atoms with Crippen LogP contribution in [0.3, 0.4) is 0 Å². The average molecular weight is 282 g/mol. The Morgan fingerprint density at radius 1 is 1.05 bits per heavy atom. The molecule has 1 amide bonds. The second-order valence-electron chi connectivity index (χ2n) is 6.35. The standard InChI is InChI=1S/C15H26N2O3/c16-12-7-5-10(6-8-12)14(18)17-9-11-3-1-2-4-13(11)15(19)20/h10-13H,1-9,16H2,(H,17,18)(H,19,20). The van der Waals surface area contributed by atoms with Gasteiger partial charge in [0.15, 0.2) is 0 Å². The molecule has 5 nitrogen and oxygen atoms in total. The Hall–Kier alpha value is -1.10. The predicted molar refractivity (Wildman–Crippen MR) is 76.0 cm³/mol. The number of rotatable bonds is 4. The number of hydrogen-bond acceptors (Lipinski definition) is 3. The lowest BCUT2D eigenvalue weighted by Gasteiger charge is -2.30. The largest absolute Gasteiger partial charge is 0.481 e. The van der Waals surface area contributed by atoms with Crippen LogP contribution in [-0.4, -0.2) is 29.6 Å². The van der Waals surface area contributed by atoms with Crippen molar-refractivity contribution in [2.75, 3.05) is 6.54 Å². The quantitative estimate of drug-likeness (QED) is 0.728. The van der Waals surface area contributed by atoms with Crippen LogP contribution in [0.15, 0.2) is 0 Å². The van der Waals surface area contributed by atoms with Gasteiger partial charge >= 0.3 is 5.97 Å². The van der Waals surface area contributed by atoms with Crippen LogP contribution in [0, 0.1) is 17.8 Å². The van der Waals surface area contributed by atoms with Gasteiger partial charge in [-0.15, -0.1) is 0 Å². The molecule has 0 saturated heterocycles. The number of amides is 1. The third kappa shape index (κ3) is 3.95. The van der Waals surface area contributed by atoms with Crippen LogP contribution < -0.4 is 11.1 Å². The molecule has 20 heavy (non-hydrogen) atoms. The average Bonchev–Trinajstić information content (AvgIpc) is 2.45. The Balaban J connectivity index is 1.78. The molecule has 0 spiro atoms. The minimum atomic E-state index is -0.715. The van der Waals surface area contributed by atoms with Crippen LogP contribution in [0.2, 0.25) is 0 Å². The number of hydrogen-bond donors (Lipinski definition) is 3. The van der Waals surface area contributed by atoms with E-state index in [-0.39, 0.29) is 29.7 Å². The molecule has 2 saturated carbocycles. The summed E-state index contributed by atoms with van der Waals surface area (Å²) in [6.45, 7) is 0.512. The number of carbonyl (C=O) groups excluding carboxylic acids is 1. The smallest absolute Gasteiger partial charge is 0.306 e. The van der Waals surface area contributed by atoms with Crippen molar-refractivity contribution >= 4 is 11.9 Å². The molecular formula is C15H26N2O3. The van der Waals surface area contributed by atoms with E-state index < -0.39 is 5.97 Å². The van der Waals surface area contributed by atoms with Crippen LogP contribution in [0.25, 0.3) is 0 Å². The predicted octanol–water partition coefficient (Wildman–Crippen LogP) is 1.51. The Bertz CT molecular complexity index is 351. The number of aliphatic carboxylic acids is 1.